The van der Waals surface area contributed by atoms with Gasteiger partial charge in [0.1, 0.15) is 11.2 Å². The molecule has 0 radical (unpaired) electrons. The fraction of sp³-hybridized carbons (Fsp3) is 0.318. The second-order valence-corrected chi connectivity index (χ2v) is 12.8. The molecule has 0 bridgehead atoms. The molecule has 15 heteroatoms. The first-order valence-electron chi connectivity index (χ1n) is 11.1. The molecule has 0 spiro atoms. The number of fused-ring (bicyclic) bond motifs is 1. The van der Waals surface area contributed by atoms with Crippen LogP contribution in [0.5, 0.6) is 0 Å². The first-order chi connectivity index (χ1) is 17.3. The number of alkyl halides is 3. The van der Waals surface area contributed by atoms with Crippen molar-refractivity contribution in [1.29, 1.82) is 4.78 Å². The van der Waals surface area contributed by atoms with Crippen molar-refractivity contribution >= 4 is 30.7 Å². The van der Waals surface area contributed by atoms with E-state index in [0.29, 0.717) is 17.2 Å². The monoisotopic (exact) mass is 551 g/mol. The molecule has 194 valence electrons. The standard InChI is InChI=1S/C22H20F3N7O3S2/c1-3-36(33,34)17-9-13(15-6-4-5-14(28-15)12-7-8-12)11-27-19(17)21-29-16-10-18(30-31-20(16)32(21)2)37(26,35)22(23,24)25/h4-6,9-12,26H,3,7-8H2,1-2H3. The van der Waals surface area contributed by atoms with Crippen LogP contribution in [0.4, 0.5) is 13.2 Å². The number of hydrogen-bond acceptors (Lipinski definition) is 9. The highest BCUT2D eigenvalue weighted by molar-refractivity contribution is 7.93. The van der Waals surface area contributed by atoms with E-state index in [1.54, 1.807) is 6.07 Å². The molecule has 0 amide bonds. The molecular formula is C22H20F3N7O3S2. The topological polar surface area (TPSA) is 144 Å². The van der Waals surface area contributed by atoms with Gasteiger partial charge in [0.25, 0.3) is 0 Å². The van der Waals surface area contributed by atoms with Gasteiger partial charge in [-0.05, 0) is 31.0 Å². The maximum Gasteiger partial charge on any atom is 0.485 e. The van der Waals surface area contributed by atoms with E-state index in [1.165, 1.54) is 30.8 Å². The average molecular weight is 552 g/mol. The smallest absolute Gasteiger partial charge is 0.309 e. The summed E-state index contributed by atoms with van der Waals surface area (Å²) >= 11 is 0. The summed E-state index contributed by atoms with van der Waals surface area (Å²) < 4.78 is 86.1. The zero-order chi connectivity index (χ0) is 26.8. The van der Waals surface area contributed by atoms with Crippen LogP contribution in [0, 0.1) is 4.78 Å². The molecule has 4 heterocycles. The number of nitrogens with zero attached hydrogens (tertiary/aromatic N) is 6. The number of nitrogens with one attached hydrogen (secondary N) is 1. The van der Waals surface area contributed by atoms with Crippen LogP contribution in [0.15, 0.2) is 46.5 Å². The summed E-state index contributed by atoms with van der Waals surface area (Å²) in [5.41, 5.74) is -3.55. The zero-order valence-electron chi connectivity index (χ0n) is 19.5. The van der Waals surface area contributed by atoms with E-state index >= 15 is 0 Å². The first-order valence-corrected chi connectivity index (χ1v) is 14.3. The highest BCUT2D eigenvalue weighted by Gasteiger charge is 2.44. The predicted octanol–water partition coefficient (Wildman–Crippen LogP) is 4.08. The summed E-state index contributed by atoms with van der Waals surface area (Å²) in [4.78, 5) is 13.1. The van der Waals surface area contributed by atoms with Gasteiger partial charge in [-0.3, -0.25) is 9.97 Å². The molecule has 0 saturated heterocycles. The molecule has 1 atom stereocenters. The highest BCUT2D eigenvalue weighted by atomic mass is 32.2. The average Bonchev–Trinajstić information content (AvgIpc) is 3.67. The van der Waals surface area contributed by atoms with Crippen molar-refractivity contribution in [2.24, 2.45) is 7.05 Å². The molecule has 5 rings (SSSR count). The van der Waals surface area contributed by atoms with Crippen molar-refractivity contribution in [3.05, 3.63) is 42.2 Å². The maximum atomic E-state index is 13.1. The Morgan fingerprint density at radius 3 is 2.49 bits per heavy atom. The third-order valence-electron chi connectivity index (χ3n) is 6.06. The van der Waals surface area contributed by atoms with Crippen LogP contribution in [0.25, 0.3) is 33.9 Å². The van der Waals surface area contributed by atoms with E-state index < -0.39 is 30.1 Å². The Balaban J connectivity index is 1.67. The lowest BCUT2D eigenvalue weighted by Crippen LogP contribution is -2.23. The van der Waals surface area contributed by atoms with Gasteiger partial charge >= 0.3 is 5.51 Å². The Labute approximate surface area is 209 Å². The van der Waals surface area contributed by atoms with E-state index in [2.05, 4.69) is 25.1 Å². The van der Waals surface area contributed by atoms with E-state index in [9.17, 15) is 25.8 Å². The summed E-state index contributed by atoms with van der Waals surface area (Å²) in [5, 5.41) is 5.93. The van der Waals surface area contributed by atoms with Crippen LogP contribution in [0.1, 0.15) is 31.4 Å². The Kier molecular flexibility index (Phi) is 5.82. The van der Waals surface area contributed by atoms with Crippen molar-refractivity contribution in [1.82, 2.24) is 29.7 Å². The summed E-state index contributed by atoms with van der Waals surface area (Å²) in [6.45, 7) is 1.48. The highest BCUT2D eigenvalue weighted by Crippen LogP contribution is 2.40. The van der Waals surface area contributed by atoms with Crippen molar-refractivity contribution in [2.45, 2.75) is 41.1 Å². The number of sulfone groups is 1. The molecular weight excluding hydrogens is 531 g/mol. The second-order valence-electron chi connectivity index (χ2n) is 8.58. The Bertz CT molecular complexity index is 1760. The van der Waals surface area contributed by atoms with Crippen molar-refractivity contribution in [3.8, 4) is 22.8 Å². The molecule has 1 aliphatic carbocycles. The minimum absolute atomic E-state index is 0.000601. The molecule has 37 heavy (non-hydrogen) atoms. The van der Waals surface area contributed by atoms with Gasteiger partial charge in [-0.2, -0.15) is 13.2 Å². The summed E-state index contributed by atoms with van der Waals surface area (Å²) in [6, 6.07) is 7.76. The summed E-state index contributed by atoms with van der Waals surface area (Å²) in [6.07, 6.45) is 3.57. The quantitative estimate of drug-likeness (QED) is 0.377. The Hall–Kier alpha value is -3.46. The first kappa shape index (κ1) is 25.2. The van der Waals surface area contributed by atoms with Crippen LogP contribution in [0.3, 0.4) is 0 Å². The number of rotatable bonds is 6. The lowest BCUT2D eigenvalue weighted by molar-refractivity contribution is -0.0409. The van der Waals surface area contributed by atoms with Gasteiger partial charge in [0, 0.05) is 36.5 Å². The molecule has 10 nitrogen and oxygen atoms in total. The van der Waals surface area contributed by atoms with Crippen LogP contribution in [-0.4, -0.2) is 53.6 Å². The van der Waals surface area contributed by atoms with Gasteiger partial charge < -0.3 is 4.57 Å². The van der Waals surface area contributed by atoms with Gasteiger partial charge in [-0.15, -0.1) is 10.2 Å². The SMILES string of the molecule is CCS(=O)(=O)c1cc(-c2cccc(C3CC3)n2)cnc1-c1nc2cc(S(=N)(=O)C(F)(F)F)nnc2n1C. The van der Waals surface area contributed by atoms with Crippen molar-refractivity contribution < 1.29 is 25.8 Å². The Morgan fingerprint density at radius 1 is 1.11 bits per heavy atom. The third-order valence-corrected chi connectivity index (χ3v) is 9.24. The molecule has 1 N–H and O–H groups in total. The van der Waals surface area contributed by atoms with Gasteiger partial charge in [-0.25, -0.2) is 22.4 Å². The van der Waals surface area contributed by atoms with E-state index in [-0.39, 0.29) is 33.3 Å². The second kappa shape index (κ2) is 8.55. The molecule has 4 aromatic heterocycles. The minimum Gasteiger partial charge on any atom is -0.309 e. The molecule has 1 fully saturated rings. The Morgan fingerprint density at radius 2 is 1.84 bits per heavy atom. The molecule has 0 aliphatic heterocycles. The van der Waals surface area contributed by atoms with Gasteiger partial charge in [-0.1, -0.05) is 13.0 Å². The molecule has 1 saturated carbocycles. The van der Waals surface area contributed by atoms with E-state index in [1.807, 2.05) is 12.1 Å². The van der Waals surface area contributed by atoms with Gasteiger partial charge in [0.05, 0.1) is 16.3 Å². The van der Waals surface area contributed by atoms with Crippen LogP contribution in [-0.2, 0) is 26.6 Å². The summed E-state index contributed by atoms with van der Waals surface area (Å²) in [7, 11) is -7.61. The number of aryl methyl sites for hydroxylation is 1. The number of imidazole rings is 1. The zero-order valence-corrected chi connectivity index (χ0v) is 21.2. The van der Waals surface area contributed by atoms with Crippen LogP contribution < -0.4 is 0 Å². The number of hydrogen-bond donors (Lipinski definition) is 1. The summed E-state index contributed by atoms with van der Waals surface area (Å²) in [5.74, 6) is 0.164. The largest absolute Gasteiger partial charge is 0.485 e. The molecule has 1 aliphatic rings. The van der Waals surface area contributed by atoms with E-state index in [0.717, 1.165) is 24.6 Å². The van der Waals surface area contributed by atoms with Crippen molar-refractivity contribution in [2.75, 3.05) is 5.75 Å². The lowest BCUT2D eigenvalue weighted by Gasteiger charge is -2.11. The molecule has 4 aromatic rings. The molecule has 1 unspecified atom stereocenters. The van der Waals surface area contributed by atoms with E-state index in [4.69, 9.17) is 4.78 Å². The minimum atomic E-state index is -5.35. The van der Waals surface area contributed by atoms with Gasteiger partial charge in [0.2, 0.25) is 0 Å². The van der Waals surface area contributed by atoms with Gasteiger partial charge in [0.15, 0.2) is 36.1 Å². The third kappa shape index (κ3) is 4.35. The number of halogens is 3. The number of pyridine rings is 2. The van der Waals surface area contributed by atoms with Crippen molar-refractivity contribution in [3.63, 3.8) is 0 Å². The fourth-order valence-electron chi connectivity index (χ4n) is 3.80. The maximum absolute atomic E-state index is 13.1. The predicted molar refractivity (Wildman–Crippen MR) is 128 cm³/mol. The normalized spacial score (nSPS) is 16.1. The van der Waals surface area contributed by atoms with Crippen LogP contribution >= 0.6 is 0 Å². The number of aromatic nitrogens is 6. The fourth-order valence-corrected chi connectivity index (χ4v) is 5.53. The molecule has 0 aromatic carbocycles. The van der Waals surface area contributed by atoms with Crippen LogP contribution in [0.2, 0.25) is 0 Å². The lowest BCUT2D eigenvalue weighted by atomic mass is 10.1.